The zero-order chi connectivity index (χ0) is 15.4. The van der Waals surface area contributed by atoms with Gasteiger partial charge in [-0.25, -0.2) is 0 Å². The van der Waals surface area contributed by atoms with Crippen molar-refractivity contribution in [3.05, 3.63) is 59.9 Å². The Balaban J connectivity index is 1.61. The van der Waals surface area contributed by atoms with Crippen molar-refractivity contribution in [1.82, 2.24) is 4.98 Å². The van der Waals surface area contributed by atoms with Crippen LogP contribution in [0.5, 0.6) is 0 Å². The molecule has 1 heterocycles. The van der Waals surface area contributed by atoms with Crippen LogP contribution in [-0.4, -0.2) is 11.0 Å². The normalized spacial score (nSPS) is 21.8. The van der Waals surface area contributed by atoms with E-state index in [4.69, 9.17) is 0 Å². The summed E-state index contributed by atoms with van der Waals surface area (Å²) in [6.07, 6.45) is 8.89. The first-order chi connectivity index (χ1) is 10.7. The fraction of sp³-hybridized carbons (Fsp3) is 0.450. The second-order valence-electron chi connectivity index (χ2n) is 6.72. The second-order valence-corrected chi connectivity index (χ2v) is 6.72. The summed E-state index contributed by atoms with van der Waals surface area (Å²) in [4.78, 5) is 4.26. The summed E-state index contributed by atoms with van der Waals surface area (Å²) >= 11 is 0. The smallest absolute Gasteiger partial charge is 0.0377 e. The van der Waals surface area contributed by atoms with Crippen LogP contribution in [0.4, 0.5) is 5.69 Å². The summed E-state index contributed by atoms with van der Waals surface area (Å²) in [5.41, 5.74) is 4.16. The fourth-order valence-electron chi connectivity index (χ4n) is 3.54. The molecule has 0 radical (unpaired) electrons. The van der Waals surface area contributed by atoms with Crippen LogP contribution in [0.15, 0.2) is 48.8 Å². The minimum atomic E-state index is 0.565. The number of benzene rings is 1. The number of para-hydroxylation sites is 1. The van der Waals surface area contributed by atoms with E-state index in [0.717, 1.165) is 0 Å². The SMILES string of the molecule is CC(C)c1ccccc1N[C@H]1CC[C@@H](c2cccnc2)CC1. The third kappa shape index (κ3) is 3.49. The molecule has 1 saturated carbocycles. The van der Waals surface area contributed by atoms with Crippen LogP contribution in [0.3, 0.4) is 0 Å². The Morgan fingerprint density at radius 1 is 1.00 bits per heavy atom. The van der Waals surface area contributed by atoms with E-state index >= 15 is 0 Å². The molecule has 22 heavy (non-hydrogen) atoms. The minimum absolute atomic E-state index is 0.565. The van der Waals surface area contributed by atoms with Crippen LogP contribution < -0.4 is 5.32 Å². The fourth-order valence-corrected chi connectivity index (χ4v) is 3.54. The van der Waals surface area contributed by atoms with Gasteiger partial charge < -0.3 is 5.32 Å². The monoisotopic (exact) mass is 294 g/mol. The van der Waals surface area contributed by atoms with Gasteiger partial charge >= 0.3 is 0 Å². The first-order valence-electron chi connectivity index (χ1n) is 8.49. The number of hydrogen-bond donors (Lipinski definition) is 1. The Bertz CT molecular complexity index is 584. The highest BCUT2D eigenvalue weighted by Crippen LogP contribution is 2.34. The summed E-state index contributed by atoms with van der Waals surface area (Å²) in [5, 5.41) is 3.79. The maximum Gasteiger partial charge on any atom is 0.0377 e. The summed E-state index contributed by atoms with van der Waals surface area (Å²) in [7, 11) is 0. The highest BCUT2D eigenvalue weighted by molar-refractivity contribution is 5.53. The molecule has 0 spiro atoms. The molecule has 0 atom stereocenters. The number of nitrogens with zero attached hydrogens (tertiary/aromatic N) is 1. The van der Waals surface area contributed by atoms with Crippen molar-refractivity contribution in [1.29, 1.82) is 0 Å². The maximum absolute atomic E-state index is 4.26. The van der Waals surface area contributed by atoms with Crippen molar-refractivity contribution in [2.45, 2.75) is 57.4 Å². The summed E-state index contributed by atoms with van der Waals surface area (Å²) < 4.78 is 0. The molecular weight excluding hydrogens is 268 g/mol. The van der Waals surface area contributed by atoms with Gasteiger partial charge in [0.1, 0.15) is 0 Å². The molecule has 0 aliphatic heterocycles. The molecule has 2 nitrogen and oxygen atoms in total. The zero-order valence-corrected chi connectivity index (χ0v) is 13.6. The maximum atomic E-state index is 4.26. The molecule has 1 aliphatic carbocycles. The Labute approximate surface area is 134 Å². The average molecular weight is 294 g/mol. The van der Waals surface area contributed by atoms with Crippen molar-refractivity contribution in [3.8, 4) is 0 Å². The lowest BCUT2D eigenvalue weighted by atomic mass is 9.82. The largest absolute Gasteiger partial charge is 0.382 e. The number of anilines is 1. The lowest BCUT2D eigenvalue weighted by Crippen LogP contribution is -2.26. The molecule has 116 valence electrons. The minimum Gasteiger partial charge on any atom is -0.382 e. The average Bonchev–Trinajstić information content (AvgIpc) is 2.57. The van der Waals surface area contributed by atoms with Crippen LogP contribution in [0, 0.1) is 0 Å². The summed E-state index contributed by atoms with van der Waals surface area (Å²) in [6, 6.07) is 13.6. The molecule has 1 aliphatic rings. The molecule has 1 fully saturated rings. The van der Waals surface area contributed by atoms with E-state index in [1.54, 1.807) is 0 Å². The van der Waals surface area contributed by atoms with Gasteiger partial charge in [0, 0.05) is 24.1 Å². The lowest BCUT2D eigenvalue weighted by molar-refractivity contribution is 0.411. The number of rotatable bonds is 4. The number of pyridine rings is 1. The van der Waals surface area contributed by atoms with Gasteiger partial charge in [-0.15, -0.1) is 0 Å². The van der Waals surface area contributed by atoms with Crippen molar-refractivity contribution in [3.63, 3.8) is 0 Å². The Morgan fingerprint density at radius 2 is 1.77 bits per heavy atom. The first-order valence-corrected chi connectivity index (χ1v) is 8.49. The molecular formula is C20H26N2. The van der Waals surface area contributed by atoms with E-state index in [1.165, 1.54) is 42.5 Å². The molecule has 1 aromatic carbocycles. The van der Waals surface area contributed by atoms with Gasteiger partial charge in [0.2, 0.25) is 0 Å². The van der Waals surface area contributed by atoms with E-state index in [1.807, 2.05) is 12.4 Å². The van der Waals surface area contributed by atoms with Crippen molar-refractivity contribution < 1.29 is 0 Å². The van der Waals surface area contributed by atoms with E-state index in [9.17, 15) is 0 Å². The van der Waals surface area contributed by atoms with Crippen LogP contribution in [0.1, 0.15) is 62.5 Å². The first kappa shape index (κ1) is 15.1. The molecule has 2 aromatic rings. The van der Waals surface area contributed by atoms with Gasteiger partial charge in [-0.2, -0.15) is 0 Å². The molecule has 0 unspecified atom stereocenters. The standard InChI is InChI=1S/C20H26N2/c1-15(2)19-7-3-4-8-20(19)22-18-11-9-16(10-12-18)17-6-5-13-21-14-17/h3-8,13-16,18,22H,9-12H2,1-2H3/t16-,18+. The van der Waals surface area contributed by atoms with Crippen molar-refractivity contribution in [2.24, 2.45) is 0 Å². The topological polar surface area (TPSA) is 24.9 Å². The Morgan fingerprint density at radius 3 is 2.45 bits per heavy atom. The van der Waals surface area contributed by atoms with E-state index in [2.05, 4.69) is 60.5 Å². The van der Waals surface area contributed by atoms with Crippen LogP contribution in [0.25, 0.3) is 0 Å². The Hall–Kier alpha value is -1.83. The van der Waals surface area contributed by atoms with Gasteiger partial charge in [-0.3, -0.25) is 4.98 Å². The van der Waals surface area contributed by atoms with Crippen LogP contribution >= 0.6 is 0 Å². The van der Waals surface area contributed by atoms with Gasteiger partial charge in [0.15, 0.2) is 0 Å². The molecule has 3 rings (SSSR count). The zero-order valence-electron chi connectivity index (χ0n) is 13.6. The van der Waals surface area contributed by atoms with Crippen LogP contribution in [-0.2, 0) is 0 Å². The highest BCUT2D eigenvalue weighted by Gasteiger charge is 2.23. The van der Waals surface area contributed by atoms with Gasteiger partial charge in [0.25, 0.3) is 0 Å². The van der Waals surface area contributed by atoms with Gasteiger partial charge in [-0.1, -0.05) is 38.1 Å². The van der Waals surface area contributed by atoms with E-state index < -0.39 is 0 Å². The van der Waals surface area contributed by atoms with Gasteiger partial charge in [-0.05, 0) is 60.8 Å². The second kappa shape index (κ2) is 6.95. The molecule has 1 N–H and O–H groups in total. The predicted octanol–water partition coefficient (Wildman–Crippen LogP) is 5.34. The number of nitrogens with one attached hydrogen (secondary N) is 1. The molecule has 0 amide bonds. The summed E-state index contributed by atoms with van der Waals surface area (Å²) in [5.74, 6) is 1.25. The van der Waals surface area contributed by atoms with Crippen molar-refractivity contribution >= 4 is 5.69 Å². The lowest BCUT2D eigenvalue weighted by Gasteiger charge is -2.30. The highest BCUT2D eigenvalue weighted by atomic mass is 14.9. The Kier molecular flexibility index (Phi) is 4.77. The predicted molar refractivity (Wildman–Crippen MR) is 93.4 cm³/mol. The molecule has 1 aromatic heterocycles. The molecule has 2 heteroatoms. The quantitative estimate of drug-likeness (QED) is 0.823. The third-order valence-corrected chi connectivity index (χ3v) is 4.83. The van der Waals surface area contributed by atoms with Crippen molar-refractivity contribution in [2.75, 3.05) is 5.32 Å². The van der Waals surface area contributed by atoms with E-state index in [0.29, 0.717) is 17.9 Å². The van der Waals surface area contributed by atoms with Crippen LogP contribution in [0.2, 0.25) is 0 Å². The molecule has 0 bridgehead atoms. The van der Waals surface area contributed by atoms with Gasteiger partial charge in [0.05, 0.1) is 0 Å². The number of aromatic nitrogens is 1. The van der Waals surface area contributed by atoms with E-state index in [-0.39, 0.29) is 0 Å². The number of hydrogen-bond acceptors (Lipinski definition) is 2. The molecule has 0 saturated heterocycles. The third-order valence-electron chi connectivity index (χ3n) is 4.83. The summed E-state index contributed by atoms with van der Waals surface area (Å²) in [6.45, 7) is 4.53.